The lowest BCUT2D eigenvalue weighted by atomic mass is 9.98. The highest BCUT2D eigenvalue weighted by Gasteiger charge is 2.34. The molecule has 2 rings (SSSR count). The van der Waals surface area contributed by atoms with Gasteiger partial charge >= 0.3 is 5.97 Å². The third-order valence-corrected chi connectivity index (χ3v) is 3.22. The highest BCUT2D eigenvalue weighted by Crippen LogP contribution is 2.27. The Bertz CT molecular complexity index is 623. The fourth-order valence-corrected chi connectivity index (χ4v) is 2.10. The van der Waals surface area contributed by atoms with E-state index in [1.54, 1.807) is 6.92 Å². The molecule has 1 aromatic carbocycles. The van der Waals surface area contributed by atoms with Crippen molar-refractivity contribution in [3.8, 4) is 0 Å². The van der Waals surface area contributed by atoms with E-state index in [1.165, 1.54) is 24.3 Å². The van der Waals surface area contributed by atoms with Crippen molar-refractivity contribution in [2.45, 2.75) is 19.8 Å². The molecule has 0 saturated heterocycles. The van der Waals surface area contributed by atoms with Crippen molar-refractivity contribution in [3.63, 3.8) is 0 Å². The van der Waals surface area contributed by atoms with Gasteiger partial charge in [-0.15, -0.1) is 0 Å². The molecule has 1 N–H and O–H groups in total. The monoisotopic (exact) mass is 291 g/mol. The van der Waals surface area contributed by atoms with E-state index in [-0.39, 0.29) is 24.4 Å². The van der Waals surface area contributed by atoms with Crippen LogP contribution >= 0.6 is 0 Å². The standard InChI is InChI=1S/C13H13N3O5/c1-8-11(6-7-12(17)18)13(19)15(14-8)9-2-4-10(5-3-9)16(20)21/h2-5,11H,6-7H2,1H3,(H,17,18). The zero-order chi connectivity index (χ0) is 15.6. The lowest BCUT2D eigenvalue weighted by Crippen LogP contribution is -2.27. The lowest BCUT2D eigenvalue weighted by Gasteiger charge is -2.13. The van der Waals surface area contributed by atoms with E-state index in [9.17, 15) is 19.7 Å². The zero-order valence-electron chi connectivity index (χ0n) is 11.2. The van der Waals surface area contributed by atoms with Crippen LogP contribution in [0.4, 0.5) is 11.4 Å². The number of nitrogens with zero attached hydrogens (tertiary/aromatic N) is 3. The Hall–Kier alpha value is -2.77. The van der Waals surface area contributed by atoms with Gasteiger partial charge in [0.1, 0.15) is 0 Å². The predicted octanol–water partition coefficient (Wildman–Crippen LogP) is 1.80. The van der Waals surface area contributed by atoms with Gasteiger partial charge in [-0.05, 0) is 25.5 Å². The molecule has 0 bridgehead atoms. The van der Waals surface area contributed by atoms with Gasteiger partial charge < -0.3 is 5.11 Å². The van der Waals surface area contributed by atoms with E-state index < -0.39 is 16.8 Å². The molecular weight excluding hydrogens is 278 g/mol. The summed E-state index contributed by atoms with van der Waals surface area (Å²) in [6, 6.07) is 5.45. The van der Waals surface area contributed by atoms with Crippen molar-refractivity contribution in [2.24, 2.45) is 11.0 Å². The fourth-order valence-electron chi connectivity index (χ4n) is 2.10. The van der Waals surface area contributed by atoms with Gasteiger partial charge in [0.05, 0.1) is 16.5 Å². The molecule has 1 heterocycles. The second kappa shape index (κ2) is 5.70. The van der Waals surface area contributed by atoms with Gasteiger partial charge in [0.2, 0.25) is 0 Å². The molecule has 0 spiro atoms. The molecule has 0 radical (unpaired) electrons. The lowest BCUT2D eigenvalue weighted by molar-refractivity contribution is -0.384. The van der Waals surface area contributed by atoms with Crippen molar-refractivity contribution in [1.82, 2.24) is 0 Å². The van der Waals surface area contributed by atoms with Crippen LogP contribution in [-0.2, 0) is 9.59 Å². The van der Waals surface area contributed by atoms with Gasteiger partial charge in [0.25, 0.3) is 11.6 Å². The normalized spacial score (nSPS) is 17.8. The molecule has 1 amide bonds. The predicted molar refractivity (Wildman–Crippen MR) is 74.1 cm³/mol. The molecule has 0 fully saturated rings. The molecule has 1 aromatic rings. The summed E-state index contributed by atoms with van der Waals surface area (Å²) >= 11 is 0. The smallest absolute Gasteiger partial charge is 0.303 e. The number of non-ortho nitro benzene ring substituents is 1. The van der Waals surface area contributed by atoms with Crippen LogP contribution in [-0.4, -0.2) is 27.6 Å². The van der Waals surface area contributed by atoms with Crippen LogP contribution in [0.25, 0.3) is 0 Å². The first-order chi connectivity index (χ1) is 9.90. The van der Waals surface area contributed by atoms with E-state index in [0.717, 1.165) is 5.01 Å². The molecule has 0 saturated carbocycles. The van der Waals surface area contributed by atoms with Gasteiger partial charge in [-0.3, -0.25) is 19.7 Å². The van der Waals surface area contributed by atoms with Crippen molar-refractivity contribution < 1.29 is 19.6 Å². The van der Waals surface area contributed by atoms with Crippen LogP contribution in [0, 0.1) is 16.0 Å². The van der Waals surface area contributed by atoms with Crippen LogP contribution in [0.15, 0.2) is 29.4 Å². The Labute approximate surface area is 119 Å². The molecule has 1 aliphatic rings. The largest absolute Gasteiger partial charge is 0.481 e. The van der Waals surface area contributed by atoms with Crippen molar-refractivity contribution in [1.29, 1.82) is 0 Å². The third kappa shape index (κ3) is 3.04. The minimum absolute atomic E-state index is 0.0754. The van der Waals surface area contributed by atoms with E-state index in [0.29, 0.717) is 11.4 Å². The quantitative estimate of drug-likeness (QED) is 0.656. The number of carbonyl (C=O) groups is 2. The first-order valence-corrected chi connectivity index (χ1v) is 6.25. The summed E-state index contributed by atoms with van der Waals surface area (Å²) < 4.78 is 0. The Balaban J connectivity index is 2.16. The number of carbonyl (C=O) groups excluding carboxylic acids is 1. The maximum absolute atomic E-state index is 12.2. The number of aliphatic carboxylic acids is 1. The summed E-state index contributed by atoms with van der Waals surface area (Å²) in [6.45, 7) is 1.66. The number of carboxylic acids is 1. The number of benzene rings is 1. The number of hydrogen-bond acceptors (Lipinski definition) is 5. The highest BCUT2D eigenvalue weighted by atomic mass is 16.6. The minimum Gasteiger partial charge on any atom is -0.481 e. The van der Waals surface area contributed by atoms with Crippen LogP contribution in [0.3, 0.4) is 0 Å². The molecule has 0 aliphatic carbocycles. The van der Waals surface area contributed by atoms with Crippen molar-refractivity contribution in [2.75, 3.05) is 5.01 Å². The zero-order valence-corrected chi connectivity index (χ0v) is 11.2. The topological polar surface area (TPSA) is 113 Å². The summed E-state index contributed by atoms with van der Waals surface area (Å²) in [7, 11) is 0. The number of anilines is 1. The van der Waals surface area contributed by atoms with Crippen LogP contribution in [0.2, 0.25) is 0 Å². The average Bonchev–Trinajstić information content (AvgIpc) is 2.72. The fraction of sp³-hybridized carbons (Fsp3) is 0.308. The summed E-state index contributed by atoms with van der Waals surface area (Å²) in [5.74, 6) is -1.84. The van der Waals surface area contributed by atoms with Gasteiger partial charge in [0.15, 0.2) is 0 Å². The van der Waals surface area contributed by atoms with E-state index in [2.05, 4.69) is 5.10 Å². The molecule has 1 aliphatic heterocycles. The number of rotatable bonds is 5. The maximum atomic E-state index is 12.2. The second-order valence-electron chi connectivity index (χ2n) is 4.65. The average molecular weight is 291 g/mol. The Morgan fingerprint density at radius 1 is 1.43 bits per heavy atom. The molecule has 8 nitrogen and oxygen atoms in total. The maximum Gasteiger partial charge on any atom is 0.303 e. The van der Waals surface area contributed by atoms with Crippen LogP contribution in [0.1, 0.15) is 19.8 Å². The summed E-state index contributed by atoms with van der Waals surface area (Å²) in [5.41, 5.74) is 0.885. The first-order valence-electron chi connectivity index (χ1n) is 6.25. The van der Waals surface area contributed by atoms with E-state index >= 15 is 0 Å². The van der Waals surface area contributed by atoms with Crippen molar-refractivity contribution >= 4 is 29.0 Å². The van der Waals surface area contributed by atoms with Crippen LogP contribution < -0.4 is 5.01 Å². The van der Waals surface area contributed by atoms with E-state index in [1.807, 2.05) is 0 Å². The van der Waals surface area contributed by atoms with Crippen LogP contribution in [0.5, 0.6) is 0 Å². The molecule has 8 heteroatoms. The summed E-state index contributed by atoms with van der Waals surface area (Å²) in [6.07, 6.45) is 0.0738. The van der Waals surface area contributed by atoms with Gasteiger partial charge in [-0.2, -0.15) is 5.10 Å². The second-order valence-corrected chi connectivity index (χ2v) is 4.65. The Morgan fingerprint density at radius 2 is 2.05 bits per heavy atom. The number of carboxylic acid groups (broad SMARTS) is 1. The third-order valence-electron chi connectivity index (χ3n) is 3.22. The molecule has 0 aromatic heterocycles. The minimum atomic E-state index is -0.968. The highest BCUT2D eigenvalue weighted by molar-refractivity contribution is 6.14. The number of amides is 1. The Morgan fingerprint density at radius 3 is 2.57 bits per heavy atom. The SMILES string of the molecule is CC1=NN(c2ccc([N+](=O)[O-])cc2)C(=O)C1CCC(=O)O. The molecular formula is C13H13N3O5. The summed E-state index contributed by atoms with van der Waals surface area (Å²) in [5, 5.41) is 24.5. The van der Waals surface area contributed by atoms with Crippen molar-refractivity contribution in [3.05, 3.63) is 34.4 Å². The van der Waals surface area contributed by atoms with Gasteiger partial charge in [-0.1, -0.05) is 0 Å². The first kappa shape index (κ1) is 14.6. The molecule has 1 atom stereocenters. The number of nitro benzene ring substituents is 1. The summed E-state index contributed by atoms with van der Waals surface area (Å²) in [4.78, 5) is 32.9. The van der Waals surface area contributed by atoms with E-state index in [4.69, 9.17) is 5.11 Å². The molecule has 110 valence electrons. The van der Waals surface area contributed by atoms with Gasteiger partial charge in [-0.25, -0.2) is 5.01 Å². The molecule has 21 heavy (non-hydrogen) atoms. The number of hydrazone groups is 1. The van der Waals surface area contributed by atoms with Gasteiger partial charge in [0, 0.05) is 24.3 Å². The Kier molecular flexibility index (Phi) is 3.97. The number of hydrogen-bond donors (Lipinski definition) is 1. The number of nitro groups is 1. The molecule has 1 unspecified atom stereocenters.